The molecular formula is C11H12N4O. The van der Waals surface area contributed by atoms with E-state index in [0.29, 0.717) is 16.7 Å². The summed E-state index contributed by atoms with van der Waals surface area (Å²) in [5.41, 5.74) is 1.21. The van der Waals surface area contributed by atoms with Crippen LogP contribution in [0.1, 0.15) is 31.1 Å². The van der Waals surface area contributed by atoms with E-state index in [0.717, 1.165) is 0 Å². The average molecular weight is 216 g/mol. The van der Waals surface area contributed by atoms with Crippen LogP contribution < -0.4 is 5.43 Å². The summed E-state index contributed by atoms with van der Waals surface area (Å²) in [6.45, 7) is 5.75. The molecule has 5 nitrogen and oxygen atoms in total. The number of rotatable bonds is 1. The number of nitrogens with one attached hydrogen (secondary N) is 1. The highest BCUT2D eigenvalue weighted by Crippen LogP contribution is 2.16. The summed E-state index contributed by atoms with van der Waals surface area (Å²) < 4.78 is 1.76. The molecule has 0 aliphatic carbocycles. The fraction of sp³-hybridized carbons (Fsp3) is 0.364. The molecule has 0 spiro atoms. The summed E-state index contributed by atoms with van der Waals surface area (Å²) in [6.07, 6.45) is 1.44. The monoisotopic (exact) mass is 216 g/mol. The van der Waals surface area contributed by atoms with Crippen LogP contribution in [0.2, 0.25) is 0 Å². The molecule has 2 aromatic heterocycles. The van der Waals surface area contributed by atoms with Gasteiger partial charge >= 0.3 is 0 Å². The summed E-state index contributed by atoms with van der Waals surface area (Å²) in [5.74, 6) is 0. The second-order valence-electron chi connectivity index (χ2n) is 3.99. The summed E-state index contributed by atoms with van der Waals surface area (Å²) in [6, 6.07) is 2.04. The van der Waals surface area contributed by atoms with E-state index < -0.39 is 0 Å². The summed E-state index contributed by atoms with van der Waals surface area (Å²) in [7, 11) is 0. The van der Waals surface area contributed by atoms with Gasteiger partial charge in [-0.2, -0.15) is 10.4 Å². The molecule has 5 heteroatoms. The lowest BCUT2D eigenvalue weighted by Gasteiger charge is -2.05. The lowest BCUT2D eigenvalue weighted by molar-refractivity contribution is 0.542. The number of nitrogens with zero attached hydrogens (tertiary/aromatic N) is 3. The van der Waals surface area contributed by atoms with Crippen LogP contribution >= 0.6 is 0 Å². The van der Waals surface area contributed by atoms with Crippen molar-refractivity contribution < 1.29 is 0 Å². The molecule has 0 radical (unpaired) electrons. The van der Waals surface area contributed by atoms with Crippen molar-refractivity contribution in [3.8, 4) is 6.07 Å². The van der Waals surface area contributed by atoms with Crippen molar-refractivity contribution >= 4 is 11.0 Å². The molecule has 0 saturated carbocycles. The first-order chi connectivity index (χ1) is 7.56. The van der Waals surface area contributed by atoms with Crippen LogP contribution in [-0.2, 0) is 0 Å². The maximum atomic E-state index is 11.9. The molecule has 82 valence electrons. The fourth-order valence-corrected chi connectivity index (χ4v) is 1.76. The van der Waals surface area contributed by atoms with Crippen LogP contribution in [0.5, 0.6) is 0 Å². The molecule has 0 bridgehead atoms. The van der Waals surface area contributed by atoms with Crippen LogP contribution in [0.15, 0.2) is 11.0 Å². The Bertz CT molecular complexity index is 642. The average Bonchev–Trinajstić information content (AvgIpc) is 2.57. The Morgan fingerprint density at radius 3 is 2.81 bits per heavy atom. The predicted molar refractivity (Wildman–Crippen MR) is 60.2 cm³/mol. The van der Waals surface area contributed by atoms with E-state index in [9.17, 15) is 4.79 Å². The Labute approximate surface area is 92.3 Å². The summed E-state index contributed by atoms with van der Waals surface area (Å²) in [5, 5.41) is 13.6. The fourth-order valence-electron chi connectivity index (χ4n) is 1.76. The van der Waals surface area contributed by atoms with Crippen molar-refractivity contribution in [2.75, 3.05) is 0 Å². The van der Waals surface area contributed by atoms with Gasteiger partial charge in [0.25, 0.3) is 0 Å². The highest BCUT2D eigenvalue weighted by molar-refractivity contribution is 5.79. The van der Waals surface area contributed by atoms with E-state index in [1.54, 1.807) is 11.6 Å². The molecule has 0 aliphatic heterocycles. The Morgan fingerprint density at radius 1 is 1.56 bits per heavy atom. The van der Waals surface area contributed by atoms with Gasteiger partial charge in [0.15, 0.2) is 0 Å². The number of aromatic nitrogens is 3. The van der Waals surface area contributed by atoms with E-state index in [1.165, 1.54) is 6.20 Å². The maximum Gasteiger partial charge on any atom is 0.210 e. The standard InChI is InChI=1S/C11H12N4O/c1-6(2)15-11-9(7(3)14-15)10(16)8(4-12)5-13-11/h5-6H,1-3H3,(H,13,16). The number of hydrogen-bond donors (Lipinski definition) is 1. The minimum absolute atomic E-state index is 0.124. The molecule has 2 heterocycles. The predicted octanol–water partition coefficient (Wildman–Crippen LogP) is 1.49. The maximum absolute atomic E-state index is 11.9. The zero-order chi connectivity index (χ0) is 11.9. The van der Waals surface area contributed by atoms with E-state index in [-0.39, 0.29) is 17.0 Å². The second kappa shape index (κ2) is 3.49. The van der Waals surface area contributed by atoms with Crippen molar-refractivity contribution in [2.24, 2.45) is 0 Å². The molecule has 0 unspecified atom stereocenters. The smallest absolute Gasteiger partial charge is 0.210 e. The van der Waals surface area contributed by atoms with Crippen LogP contribution in [0.3, 0.4) is 0 Å². The lowest BCUT2D eigenvalue weighted by Crippen LogP contribution is -2.09. The summed E-state index contributed by atoms with van der Waals surface area (Å²) >= 11 is 0. The van der Waals surface area contributed by atoms with E-state index in [2.05, 4.69) is 10.1 Å². The van der Waals surface area contributed by atoms with Gasteiger partial charge in [0.05, 0.1) is 11.1 Å². The summed E-state index contributed by atoms with van der Waals surface area (Å²) in [4.78, 5) is 14.9. The Morgan fingerprint density at radius 2 is 2.25 bits per heavy atom. The second-order valence-corrected chi connectivity index (χ2v) is 3.99. The molecule has 1 N–H and O–H groups in total. The third kappa shape index (κ3) is 1.31. The number of pyridine rings is 1. The van der Waals surface area contributed by atoms with Gasteiger partial charge in [-0.25, -0.2) is 4.68 Å². The molecule has 2 rings (SSSR count). The molecule has 0 aliphatic rings. The van der Waals surface area contributed by atoms with Gasteiger partial charge in [0, 0.05) is 12.2 Å². The molecule has 0 fully saturated rings. The zero-order valence-corrected chi connectivity index (χ0v) is 9.40. The first-order valence-corrected chi connectivity index (χ1v) is 5.07. The molecular weight excluding hydrogens is 204 g/mol. The minimum Gasteiger partial charge on any atom is -0.345 e. The van der Waals surface area contributed by atoms with Crippen LogP contribution in [0.4, 0.5) is 0 Å². The van der Waals surface area contributed by atoms with Crippen molar-refractivity contribution in [1.82, 2.24) is 14.8 Å². The number of hydrogen-bond acceptors (Lipinski definition) is 3. The van der Waals surface area contributed by atoms with Gasteiger partial charge in [-0.15, -0.1) is 0 Å². The van der Waals surface area contributed by atoms with Gasteiger partial charge in [0.1, 0.15) is 17.3 Å². The molecule has 0 atom stereocenters. The zero-order valence-electron chi connectivity index (χ0n) is 9.40. The highest BCUT2D eigenvalue weighted by atomic mass is 16.1. The van der Waals surface area contributed by atoms with Crippen molar-refractivity contribution in [2.45, 2.75) is 26.8 Å². The Balaban J connectivity index is 2.93. The van der Waals surface area contributed by atoms with Gasteiger partial charge in [-0.3, -0.25) is 4.79 Å². The number of aryl methyl sites for hydroxylation is 1. The minimum atomic E-state index is -0.249. The number of nitriles is 1. The quantitative estimate of drug-likeness (QED) is 0.784. The molecule has 0 amide bonds. The number of H-pyrrole nitrogens is 1. The SMILES string of the molecule is Cc1nn(C(C)C)c2[nH]cc(C#N)c(=O)c12. The first-order valence-electron chi connectivity index (χ1n) is 5.07. The molecule has 16 heavy (non-hydrogen) atoms. The van der Waals surface area contributed by atoms with Gasteiger partial charge in [-0.1, -0.05) is 0 Å². The van der Waals surface area contributed by atoms with Gasteiger partial charge < -0.3 is 4.98 Å². The van der Waals surface area contributed by atoms with E-state index >= 15 is 0 Å². The molecule has 0 aromatic carbocycles. The number of aromatic amines is 1. The van der Waals surface area contributed by atoms with E-state index in [1.807, 2.05) is 19.9 Å². The third-order valence-electron chi connectivity index (χ3n) is 2.52. The Kier molecular flexibility index (Phi) is 2.27. The largest absolute Gasteiger partial charge is 0.345 e. The molecule has 2 aromatic rings. The highest BCUT2D eigenvalue weighted by Gasteiger charge is 2.14. The molecule has 0 saturated heterocycles. The van der Waals surface area contributed by atoms with E-state index in [4.69, 9.17) is 5.26 Å². The lowest BCUT2D eigenvalue weighted by atomic mass is 10.2. The number of fused-ring (bicyclic) bond motifs is 1. The van der Waals surface area contributed by atoms with Crippen molar-refractivity contribution in [3.05, 3.63) is 27.7 Å². The normalized spacial score (nSPS) is 10.9. The van der Waals surface area contributed by atoms with Gasteiger partial charge in [-0.05, 0) is 20.8 Å². The Hall–Kier alpha value is -2.09. The van der Waals surface area contributed by atoms with Crippen LogP contribution in [0.25, 0.3) is 11.0 Å². The van der Waals surface area contributed by atoms with Crippen LogP contribution in [0, 0.1) is 18.3 Å². The van der Waals surface area contributed by atoms with Crippen molar-refractivity contribution in [1.29, 1.82) is 5.26 Å². The third-order valence-corrected chi connectivity index (χ3v) is 2.52. The van der Waals surface area contributed by atoms with Gasteiger partial charge in [0.2, 0.25) is 5.43 Å². The van der Waals surface area contributed by atoms with Crippen molar-refractivity contribution in [3.63, 3.8) is 0 Å². The van der Waals surface area contributed by atoms with Crippen LogP contribution in [-0.4, -0.2) is 14.8 Å². The first kappa shape index (κ1) is 10.4. The topological polar surface area (TPSA) is 74.5 Å².